The van der Waals surface area contributed by atoms with Crippen molar-refractivity contribution >= 4 is 22.7 Å². The molecule has 0 aliphatic rings. The summed E-state index contributed by atoms with van der Waals surface area (Å²) < 4.78 is 0. The molecule has 102 valence electrons. The smallest absolute Gasteiger partial charge is 0.166 e. The first-order valence-corrected chi connectivity index (χ1v) is 7.03. The van der Waals surface area contributed by atoms with Crippen LogP contribution in [0.2, 0.25) is 0 Å². The van der Waals surface area contributed by atoms with Gasteiger partial charge in [0, 0.05) is 6.20 Å². The molecule has 19 heavy (non-hydrogen) atoms. The van der Waals surface area contributed by atoms with Crippen LogP contribution in [0.25, 0.3) is 10.9 Å². The molecule has 0 unspecified atom stereocenters. The van der Waals surface area contributed by atoms with Crippen LogP contribution in [0, 0.1) is 6.92 Å². The van der Waals surface area contributed by atoms with Gasteiger partial charge in [-0.3, -0.25) is 0 Å². The van der Waals surface area contributed by atoms with E-state index in [1.165, 1.54) is 11.8 Å². The molecular weight excluding hydrogens is 266 g/mol. The first kappa shape index (κ1) is 14.0. The van der Waals surface area contributed by atoms with Gasteiger partial charge in [-0.25, -0.2) is 24.7 Å². The summed E-state index contributed by atoms with van der Waals surface area (Å²) in [5.41, 5.74) is 0.894. The number of rotatable bonds is 5. The molecule has 7 heteroatoms. The van der Waals surface area contributed by atoms with Crippen LogP contribution in [0.5, 0.6) is 5.75 Å². The summed E-state index contributed by atoms with van der Waals surface area (Å²) in [6.45, 7) is 4.10. The second-order valence-corrected chi connectivity index (χ2v) is 4.56. The summed E-state index contributed by atoms with van der Waals surface area (Å²) in [6.07, 6.45) is 3.58. The number of nitrogens with zero attached hydrogens (tertiary/aromatic N) is 3. The second-order valence-electron chi connectivity index (χ2n) is 3.76. The Kier molecular flexibility index (Phi) is 4.52. The molecule has 0 aliphatic carbocycles. The third kappa shape index (κ3) is 2.94. The lowest BCUT2D eigenvalue weighted by Crippen LogP contribution is -2.01. The van der Waals surface area contributed by atoms with Crippen molar-refractivity contribution in [2.75, 3.05) is 12.9 Å². The number of aromatic hydroxyl groups is 1. The van der Waals surface area contributed by atoms with Crippen LogP contribution in [0.1, 0.15) is 18.4 Å². The average molecular weight is 281 g/mol. The Morgan fingerprint density at radius 1 is 1.32 bits per heavy atom. The standard InChI is InChI=1S/C12H15N3O3S/c1-4-17-18-6-9-11(16)10-8(12(15-9)19-3)5-13-7(2)14-10/h5,16H,4,6H2,1-3H3. The molecule has 0 saturated heterocycles. The highest BCUT2D eigenvalue weighted by Crippen LogP contribution is 2.32. The van der Waals surface area contributed by atoms with E-state index in [2.05, 4.69) is 15.0 Å². The molecule has 0 atom stereocenters. The molecule has 0 spiro atoms. The number of hydrogen-bond acceptors (Lipinski definition) is 7. The molecule has 2 aromatic rings. The van der Waals surface area contributed by atoms with Gasteiger partial charge < -0.3 is 5.11 Å². The minimum atomic E-state index is 0.0120. The van der Waals surface area contributed by atoms with Gasteiger partial charge in [0.1, 0.15) is 28.7 Å². The van der Waals surface area contributed by atoms with Gasteiger partial charge in [-0.2, -0.15) is 0 Å². The number of hydrogen-bond donors (Lipinski definition) is 1. The summed E-state index contributed by atoms with van der Waals surface area (Å²) in [6, 6.07) is 0. The Balaban J connectivity index is 2.50. The van der Waals surface area contributed by atoms with E-state index in [9.17, 15) is 5.11 Å². The van der Waals surface area contributed by atoms with E-state index in [1.807, 2.05) is 13.2 Å². The molecule has 1 N–H and O–H groups in total. The number of aryl methyl sites for hydroxylation is 1. The molecule has 0 fully saturated rings. The number of thioether (sulfide) groups is 1. The highest BCUT2D eigenvalue weighted by molar-refractivity contribution is 7.98. The lowest BCUT2D eigenvalue weighted by atomic mass is 10.2. The zero-order valence-electron chi connectivity index (χ0n) is 11.0. The van der Waals surface area contributed by atoms with E-state index >= 15 is 0 Å². The Bertz CT molecular complexity index is 592. The van der Waals surface area contributed by atoms with Gasteiger partial charge in [0.25, 0.3) is 0 Å². The fourth-order valence-corrected chi connectivity index (χ4v) is 2.19. The van der Waals surface area contributed by atoms with Gasteiger partial charge in [0.2, 0.25) is 0 Å². The van der Waals surface area contributed by atoms with Crippen molar-refractivity contribution in [3.05, 3.63) is 17.7 Å². The lowest BCUT2D eigenvalue weighted by molar-refractivity contribution is -0.301. The Morgan fingerprint density at radius 3 is 2.79 bits per heavy atom. The molecule has 6 nitrogen and oxygen atoms in total. The van der Waals surface area contributed by atoms with E-state index in [0.29, 0.717) is 23.6 Å². The maximum absolute atomic E-state index is 10.2. The lowest BCUT2D eigenvalue weighted by Gasteiger charge is -2.10. The molecule has 2 aromatic heterocycles. The minimum Gasteiger partial charge on any atom is -0.504 e. The topological polar surface area (TPSA) is 77.4 Å². The largest absolute Gasteiger partial charge is 0.504 e. The average Bonchev–Trinajstić information content (AvgIpc) is 2.42. The van der Waals surface area contributed by atoms with E-state index in [1.54, 1.807) is 13.1 Å². The van der Waals surface area contributed by atoms with Gasteiger partial charge in [-0.1, -0.05) is 0 Å². The Hall–Kier alpha value is -1.44. The van der Waals surface area contributed by atoms with Crippen molar-refractivity contribution in [1.82, 2.24) is 15.0 Å². The predicted molar refractivity (Wildman–Crippen MR) is 71.9 cm³/mol. The fraction of sp³-hybridized carbons (Fsp3) is 0.417. The number of fused-ring (bicyclic) bond motifs is 1. The number of aromatic nitrogens is 3. The van der Waals surface area contributed by atoms with Crippen LogP contribution in [0.3, 0.4) is 0 Å². The molecule has 0 amide bonds. The predicted octanol–water partition coefficient (Wildman–Crippen LogP) is 2.23. The van der Waals surface area contributed by atoms with Gasteiger partial charge in [-0.15, -0.1) is 11.8 Å². The summed E-state index contributed by atoms with van der Waals surface area (Å²) >= 11 is 1.47. The highest BCUT2D eigenvalue weighted by Gasteiger charge is 2.15. The van der Waals surface area contributed by atoms with E-state index in [4.69, 9.17) is 9.78 Å². The molecule has 0 aromatic carbocycles. The summed E-state index contributed by atoms with van der Waals surface area (Å²) in [5.74, 6) is 0.607. The monoisotopic (exact) mass is 281 g/mol. The van der Waals surface area contributed by atoms with Crippen molar-refractivity contribution in [2.45, 2.75) is 25.5 Å². The molecule has 0 aliphatic heterocycles. The van der Waals surface area contributed by atoms with Gasteiger partial charge in [0.05, 0.1) is 12.0 Å². The van der Waals surface area contributed by atoms with Crippen LogP contribution in [0.15, 0.2) is 11.2 Å². The Labute approximate surface area is 115 Å². The Morgan fingerprint density at radius 2 is 2.11 bits per heavy atom. The van der Waals surface area contributed by atoms with E-state index < -0.39 is 0 Å². The highest BCUT2D eigenvalue weighted by atomic mass is 32.2. The van der Waals surface area contributed by atoms with Crippen LogP contribution < -0.4 is 0 Å². The van der Waals surface area contributed by atoms with Crippen molar-refractivity contribution in [1.29, 1.82) is 0 Å². The first-order valence-electron chi connectivity index (χ1n) is 5.81. The minimum absolute atomic E-state index is 0.0120. The van der Waals surface area contributed by atoms with Gasteiger partial charge in [0.15, 0.2) is 5.75 Å². The normalized spacial score (nSPS) is 11.1. The van der Waals surface area contributed by atoms with Crippen LogP contribution in [-0.4, -0.2) is 32.9 Å². The third-order valence-electron chi connectivity index (χ3n) is 2.46. The molecular formula is C12H15N3O3S. The van der Waals surface area contributed by atoms with Gasteiger partial charge >= 0.3 is 0 Å². The van der Waals surface area contributed by atoms with E-state index in [-0.39, 0.29) is 12.4 Å². The third-order valence-corrected chi connectivity index (χ3v) is 3.16. The van der Waals surface area contributed by atoms with Crippen molar-refractivity contribution in [3.63, 3.8) is 0 Å². The maximum Gasteiger partial charge on any atom is 0.166 e. The summed E-state index contributed by atoms with van der Waals surface area (Å²) in [7, 11) is 0. The fourth-order valence-electron chi connectivity index (χ4n) is 1.62. The second kappa shape index (κ2) is 6.14. The molecule has 2 heterocycles. The summed E-state index contributed by atoms with van der Waals surface area (Å²) in [4.78, 5) is 22.5. The zero-order valence-corrected chi connectivity index (χ0v) is 11.8. The van der Waals surface area contributed by atoms with Crippen molar-refractivity contribution < 1.29 is 14.9 Å². The van der Waals surface area contributed by atoms with E-state index in [0.717, 1.165) is 10.4 Å². The van der Waals surface area contributed by atoms with Crippen LogP contribution in [0.4, 0.5) is 0 Å². The first-order chi connectivity index (χ1) is 9.17. The quantitative estimate of drug-likeness (QED) is 0.389. The van der Waals surface area contributed by atoms with Crippen LogP contribution >= 0.6 is 11.8 Å². The maximum atomic E-state index is 10.2. The molecule has 2 rings (SSSR count). The van der Waals surface area contributed by atoms with Crippen LogP contribution in [-0.2, 0) is 16.4 Å². The molecule has 0 bridgehead atoms. The zero-order chi connectivity index (χ0) is 13.8. The summed E-state index contributed by atoms with van der Waals surface area (Å²) in [5, 5.41) is 11.7. The molecule has 0 saturated carbocycles. The number of pyridine rings is 1. The van der Waals surface area contributed by atoms with Crippen molar-refractivity contribution in [3.8, 4) is 5.75 Å². The van der Waals surface area contributed by atoms with Crippen molar-refractivity contribution in [2.24, 2.45) is 0 Å². The SMILES string of the molecule is CCOOCc1nc(SC)c2cnc(C)nc2c1O. The van der Waals surface area contributed by atoms with Gasteiger partial charge in [-0.05, 0) is 20.1 Å². The molecule has 0 radical (unpaired) electrons.